The number of carbonyl (C=O) groups excluding carboxylic acids is 1. The first-order valence-electron chi connectivity index (χ1n) is 11.8. The molecule has 0 radical (unpaired) electrons. The number of thiazole rings is 1. The van der Waals surface area contributed by atoms with Crippen molar-refractivity contribution in [2.24, 2.45) is 5.41 Å². The zero-order valence-corrected chi connectivity index (χ0v) is 21.3. The maximum absolute atomic E-state index is 12.8. The highest BCUT2D eigenvalue weighted by Crippen LogP contribution is 2.41. The molecule has 8 nitrogen and oxygen atoms in total. The molecule has 0 spiro atoms. The molecule has 1 aliphatic rings. The molecule has 1 amide bonds. The molecule has 188 valence electrons. The number of amides is 1. The second kappa shape index (κ2) is 11.6. The van der Waals surface area contributed by atoms with E-state index in [0.717, 1.165) is 42.9 Å². The van der Waals surface area contributed by atoms with Crippen LogP contribution in [0.5, 0.6) is 5.75 Å². The van der Waals surface area contributed by atoms with Crippen LogP contribution in [0.1, 0.15) is 48.8 Å². The fourth-order valence-corrected chi connectivity index (χ4v) is 5.87. The van der Waals surface area contributed by atoms with Crippen LogP contribution >= 0.6 is 22.9 Å². The van der Waals surface area contributed by atoms with Crippen molar-refractivity contribution in [1.29, 1.82) is 0 Å². The van der Waals surface area contributed by atoms with Gasteiger partial charge in [-0.1, -0.05) is 11.6 Å². The lowest BCUT2D eigenvalue weighted by atomic mass is 9.73. The summed E-state index contributed by atoms with van der Waals surface area (Å²) >= 11 is 8.12. The Balaban J connectivity index is 1.42. The number of likely N-dealkylation sites (tertiary alicyclic amines) is 1. The molecule has 3 N–H and O–H groups in total. The number of hydroxylamine groups is 1. The number of aliphatic hydroxyl groups excluding tert-OH is 1. The van der Waals surface area contributed by atoms with Crippen molar-refractivity contribution in [3.63, 3.8) is 0 Å². The average Bonchev–Trinajstić information content (AvgIpc) is 3.40. The third-order valence-electron chi connectivity index (χ3n) is 7.04. The Bertz CT molecular complexity index is 1140. The molecule has 1 atom stereocenters. The quantitative estimate of drug-likeness (QED) is 0.270. The molecule has 3 aromatic rings. The van der Waals surface area contributed by atoms with E-state index in [2.05, 4.69) is 14.9 Å². The second-order valence-electron chi connectivity index (χ2n) is 9.05. The molecule has 3 heterocycles. The Kier molecular flexibility index (Phi) is 8.56. The number of aromatic nitrogens is 2. The predicted molar refractivity (Wildman–Crippen MR) is 136 cm³/mol. The molecule has 1 fully saturated rings. The Morgan fingerprint density at radius 2 is 2.14 bits per heavy atom. The van der Waals surface area contributed by atoms with Gasteiger partial charge < -0.3 is 14.7 Å². The van der Waals surface area contributed by atoms with E-state index in [4.69, 9.17) is 16.3 Å². The summed E-state index contributed by atoms with van der Waals surface area (Å²) in [6.45, 7) is 2.47. The molecular weight excluding hydrogens is 488 g/mol. The number of nitrogens with one attached hydrogen (secondary N) is 1. The minimum atomic E-state index is -0.889. The van der Waals surface area contributed by atoms with Crippen molar-refractivity contribution >= 4 is 39.7 Å². The van der Waals surface area contributed by atoms with Gasteiger partial charge in [-0.3, -0.25) is 15.0 Å². The maximum Gasteiger partial charge on any atom is 0.249 e. The molecule has 1 aliphatic heterocycles. The number of benzene rings is 1. The third-order valence-corrected chi connectivity index (χ3v) is 8.18. The Labute approximate surface area is 213 Å². The van der Waals surface area contributed by atoms with Gasteiger partial charge in [0.05, 0.1) is 34.2 Å². The van der Waals surface area contributed by atoms with Crippen LogP contribution in [0.25, 0.3) is 10.9 Å². The second-order valence-corrected chi connectivity index (χ2v) is 10.4. The minimum absolute atomic E-state index is 0.327. The fourth-order valence-electron chi connectivity index (χ4n) is 4.94. The number of aryl methyl sites for hydroxylation is 1. The number of hydrogen-bond acceptors (Lipinski definition) is 8. The number of ether oxygens (including phenoxy) is 1. The van der Waals surface area contributed by atoms with Gasteiger partial charge >= 0.3 is 0 Å². The number of halogens is 1. The van der Waals surface area contributed by atoms with E-state index >= 15 is 0 Å². The van der Waals surface area contributed by atoms with Gasteiger partial charge in [-0.2, -0.15) is 0 Å². The van der Waals surface area contributed by atoms with Crippen molar-refractivity contribution in [2.45, 2.75) is 44.6 Å². The number of nitrogens with zero attached hydrogens (tertiary/aromatic N) is 3. The Morgan fingerprint density at radius 3 is 2.83 bits per heavy atom. The van der Waals surface area contributed by atoms with Crippen LogP contribution in [0.2, 0.25) is 5.02 Å². The van der Waals surface area contributed by atoms with E-state index in [1.54, 1.807) is 18.4 Å². The maximum atomic E-state index is 12.8. The largest absolute Gasteiger partial charge is 0.497 e. The summed E-state index contributed by atoms with van der Waals surface area (Å²) in [4.78, 5) is 23.8. The number of rotatable bonds is 10. The first kappa shape index (κ1) is 25.8. The van der Waals surface area contributed by atoms with Crippen molar-refractivity contribution in [3.05, 3.63) is 51.6 Å². The highest BCUT2D eigenvalue weighted by Gasteiger charge is 2.41. The average molecular weight is 519 g/mol. The summed E-state index contributed by atoms with van der Waals surface area (Å²) in [5.74, 6) is 0.257. The first-order chi connectivity index (χ1) is 17.0. The normalized spacial score (nSPS) is 16.8. The van der Waals surface area contributed by atoms with Crippen LogP contribution in [-0.4, -0.2) is 57.8 Å². The van der Waals surface area contributed by atoms with Crippen molar-refractivity contribution in [3.8, 4) is 5.75 Å². The van der Waals surface area contributed by atoms with Crippen LogP contribution < -0.4 is 10.2 Å². The number of carbonyl (C=O) groups is 1. The van der Waals surface area contributed by atoms with Gasteiger partial charge in [0.1, 0.15) is 5.75 Å². The standard InChI is InChI=1S/C25H31ClN4O4S/c1-34-17-4-5-20-18(15-17)23(19(26)16-28-20)21(31)6-7-25(24(32)29-33)8-12-30(13-9-25)11-2-3-22-27-10-14-35-22/h4-5,10,14-16,21,31,33H,2-3,6-9,11-13H2,1H3,(H,29,32)/t21-/m1/s1. The molecule has 0 unspecified atom stereocenters. The molecule has 35 heavy (non-hydrogen) atoms. The molecule has 1 saturated heterocycles. The molecule has 0 aliphatic carbocycles. The van der Waals surface area contributed by atoms with Crippen LogP contribution in [-0.2, 0) is 11.2 Å². The third kappa shape index (κ3) is 5.92. The highest BCUT2D eigenvalue weighted by atomic mass is 35.5. The summed E-state index contributed by atoms with van der Waals surface area (Å²) < 4.78 is 5.33. The topological polar surface area (TPSA) is 108 Å². The number of methoxy groups -OCH3 is 1. The number of piperidine rings is 1. The van der Waals surface area contributed by atoms with Crippen molar-refractivity contribution in [1.82, 2.24) is 20.3 Å². The van der Waals surface area contributed by atoms with E-state index in [1.807, 2.05) is 35.3 Å². The zero-order valence-electron chi connectivity index (χ0n) is 19.7. The molecule has 2 aromatic heterocycles. The predicted octanol–water partition coefficient (Wildman–Crippen LogP) is 4.39. The SMILES string of the molecule is COc1ccc2ncc(Cl)c([C@H](O)CCC3(C(=O)NO)CCN(CCCc4nccs4)CC3)c2c1. The molecular formula is C25H31ClN4O4S. The number of aliphatic hydroxyl groups is 1. The van der Waals surface area contributed by atoms with Crippen LogP contribution in [0.3, 0.4) is 0 Å². The van der Waals surface area contributed by atoms with Gasteiger partial charge in [-0.05, 0) is 69.9 Å². The summed E-state index contributed by atoms with van der Waals surface area (Å²) in [5, 5.41) is 24.9. The summed E-state index contributed by atoms with van der Waals surface area (Å²) in [7, 11) is 1.58. The van der Waals surface area contributed by atoms with Crippen LogP contribution in [0.15, 0.2) is 36.0 Å². The van der Waals surface area contributed by atoms with Gasteiger partial charge in [0, 0.05) is 35.1 Å². The Hall–Kier alpha value is -2.30. The van der Waals surface area contributed by atoms with Crippen LogP contribution in [0, 0.1) is 5.41 Å². The van der Waals surface area contributed by atoms with Gasteiger partial charge in [0.15, 0.2) is 0 Å². The van der Waals surface area contributed by atoms with Crippen molar-refractivity contribution in [2.75, 3.05) is 26.7 Å². The minimum Gasteiger partial charge on any atom is -0.497 e. The zero-order chi connectivity index (χ0) is 24.8. The van der Waals surface area contributed by atoms with Crippen LogP contribution in [0.4, 0.5) is 0 Å². The fraction of sp³-hybridized carbons (Fsp3) is 0.480. The van der Waals surface area contributed by atoms with Gasteiger partial charge in [0.2, 0.25) is 5.91 Å². The van der Waals surface area contributed by atoms with E-state index in [0.29, 0.717) is 47.5 Å². The molecule has 10 heteroatoms. The van der Waals surface area contributed by atoms with E-state index < -0.39 is 11.5 Å². The lowest BCUT2D eigenvalue weighted by molar-refractivity contribution is -0.143. The highest BCUT2D eigenvalue weighted by molar-refractivity contribution is 7.09. The summed E-state index contributed by atoms with van der Waals surface area (Å²) in [5.41, 5.74) is 2.42. The number of hydrogen-bond donors (Lipinski definition) is 3. The van der Waals surface area contributed by atoms with E-state index in [1.165, 1.54) is 6.20 Å². The molecule has 4 rings (SSSR count). The van der Waals surface area contributed by atoms with Gasteiger partial charge in [-0.15, -0.1) is 11.3 Å². The first-order valence-corrected chi connectivity index (χ1v) is 13.1. The molecule has 0 bridgehead atoms. The van der Waals surface area contributed by atoms with Gasteiger partial charge in [-0.25, -0.2) is 10.5 Å². The van der Waals surface area contributed by atoms with E-state index in [9.17, 15) is 15.1 Å². The van der Waals surface area contributed by atoms with Crippen molar-refractivity contribution < 1.29 is 19.8 Å². The number of pyridine rings is 1. The molecule has 1 aromatic carbocycles. The summed E-state index contributed by atoms with van der Waals surface area (Å²) in [6, 6.07) is 5.45. The molecule has 0 saturated carbocycles. The lowest BCUT2D eigenvalue weighted by Crippen LogP contribution is -2.48. The summed E-state index contributed by atoms with van der Waals surface area (Å²) in [6.07, 6.45) is 6.43. The van der Waals surface area contributed by atoms with E-state index in [-0.39, 0.29) is 5.91 Å². The van der Waals surface area contributed by atoms with Gasteiger partial charge in [0.25, 0.3) is 0 Å². The lowest BCUT2D eigenvalue weighted by Gasteiger charge is -2.40. The monoisotopic (exact) mass is 518 g/mol. The Morgan fingerprint density at radius 1 is 1.34 bits per heavy atom. The number of fused-ring (bicyclic) bond motifs is 1. The smallest absolute Gasteiger partial charge is 0.249 e.